The second-order valence-corrected chi connectivity index (χ2v) is 8.00. The van der Waals surface area contributed by atoms with Gasteiger partial charge in [-0.05, 0) is 23.8 Å². The molecule has 0 spiro atoms. The quantitative estimate of drug-likeness (QED) is 0.494. The molecule has 0 aliphatic rings. The molecule has 0 fully saturated rings. The van der Waals surface area contributed by atoms with Crippen molar-refractivity contribution in [3.63, 3.8) is 0 Å². The number of benzene rings is 2. The van der Waals surface area contributed by atoms with E-state index in [0.29, 0.717) is 16.4 Å². The Bertz CT molecular complexity index is 1130. The van der Waals surface area contributed by atoms with E-state index in [9.17, 15) is 4.79 Å². The van der Waals surface area contributed by atoms with E-state index < -0.39 is 0 Å². The number of para-hydroxylation sites is 2. The van der Waals surface area contributed by atoms with Crippen LogP contribution in [0.15, 0.2) is 70.3 Å². The lowest BCUT2D eigenvalue weighted by molar-refractivity contribution is -0.115. The van der Waals surface area contributed by atoms with Crippen molar-refractivity contribution in [3.05, 3.63) is 75.5 Å². The Morgan fingerprint density at radius 3 is 2.89 bits per heavy atom. The number of nitrogens with zero attached hydrogens (tertiary/aromatic N) is 3. The molecule has 0 atom stereocenters. The van der Waals surface area contributed by atoms with Crippen LogP contribution in [-0.4, -0.2) is 26.2 Å². The molecule has 1 amide bonds. The Hall–Kier alpha value is -2.35. The van der Waals surface area contributed by atoms with Crippen LogP contribution < -0.4 is 4.80 Å². The lowest BCUT2D eigenvalue weighted by Gasteiger charge is -2.05. The van der Waals surface area contributed by atoms with Gasteiger partial charge in [-0.2, -0.15) is 4.99 Å². The van der Waals surface area contributed by atoms with Crippen molar-refractivity contribution in [1.29, 1.82) is 0 Å². The van der Waals surface area contributed by atoms with Gasteiger partial charge < -0.3 is 9.55 Å². The normalized spacial score (nSPS) is 12.0. The predicted molar refractivity (Wildman–Crippen MR) is 110 cm³/mol. The lowest BCUT2D eigenvalue weighted by Crippen LogP contribution is -2.17. The van der Waals surface area contributed by atoms with Gasteiger partial charge in [-0.1, -0.05) is 53.7 Å². The van der Waals surface area contributed by atoms with E-state index in [1.54, 1.807) is 0 Å². The van der Waals surface area contributed by atoms with Gasteiger partial charge in [0.05, 0.1) is 23.3 Å². The van der Waals surface area contributed by atoms with E-state index in [0.717, 1.165) is 21.8 Å². The van der Waals surface area contributed by atoms with E-state index in [-0.39, 0.29) is 11.7 Å². The summed E-state index contributed by atoms with van der Waals surface area (Å²) >= 11 is 9.01. The molecule has 0 aliphatic heterocycles. The molecule has 2 heterocycles. The SMILES string of the molecule is O=C(CSc1nc2ccccc2[nH]1)N=c1sccn1Cc1ccccc1Cl. The maximum Gasteiger partial charge on any atom is 0.258 e. The van der Waals surface area contributed by atoms with Crippen LogP contribution >= 0.6 is 34.7 Å². The molecular formula is C19H15ClN4OS2. The standard InChI is InChI=1S/C19H15ClN4OS2/c20-14-6-2-1-5-13(14)11-24-9-10-26-19(24)23-17(25)12-27-18-21-15-7-3-4-8-16(15)22-18/h1-10H,11-12H2,(H,21,22). The van der Waals surface area contributed by atoms with E-state index in [2.05, 4.69) is 15.0 Å². The van der Waals surface area contributed by atoms with E-state index >= 15 is 0 Å². The summed E-state index contributed by atoms with van der Waals surface area (Å²) in [6.07, 6.45) is 1.91. The molecule has 0 saturated heterocycles. The average molecular weight is 415 g/mol. The number of carbonyl (C=O) groups is 1. The molecule has 0 aliphatic carbocycles. The highest BCUT2D eigenvalue weighted by Gasteiger charge is 2.08. The van der Waals surface area contributed by atoms with Gasteiger partial charge in [0.2, 0.25) is 0 Å². The first-order valence-electron chi connectivity index (χ1n) is 8.21. The number of rotatable bonds is 5. The fourth-order valence-electron chi connectivity index (χ4n) is 2.58. The molecule has 0 unspecified atom stereocenters. The number of imidazole rings is 1. The number of hydrogen-bond acceptors (Lipinski definition) is 4. The van der Waals surface area contributed by atoms with Gasteiger partial charge >= 0.3 is 0 Å². The number of hydrogen-bond donors (Lipinski definition) is 1. The summed E-state index contributed by atoms with van der Waals surface area (Å²) in [5, 5.41) is 3.33. The van der Waals surface area contributed by atoms with Crippen LogP contribution in [0.3, 0.4) is 0 Å². The second kappa shape index (κ2) is 8.12. The fraction of sp³-hybridized carbons (Fsp3) is 0.105. The summed E-state index contributed by atoms with van der Waals surface area (Å²) in [6.45, 7) is 0.575. The van der Waals surface area contributed by atoms with Gasteiger partial charge in [-0.3, -0.25) is 4.79 Å². The van der Waals surface area contributed by atoms with Crippen molar-refractivity contribution in [3.8, 4) is 0 Å². The van der Waals surface area contributed by atoms with Gasteiger partial charge in [0.1, 0.15) is 0 Å². The van der Waals surface area contributed by atoms with Gasteiger partial charge in [0, 0.05) is 16.6 Å². The summed E-state index contributed by atoms with van der Waals surface area (Å²) in [6, 6.07) is 15.4. The Morgan fingerprint density at radius 1 is 1.22 bits per heavy atom. The third kappa shape index (κ3) is 4.32. The van der Waals surface area contributed by atoms with Gasteiger partial charge in [0.15, 0.2) is 9.96 Å². The van der Waals surface area contributed by atoms with Gasteiger partial charge in [0.25, 0.3) is 5.91 Å². The third-order valence-electron chi connectivity index (χ3n) is 3.88. The molecule has 136 valence electrons. The molecule has 4 rings (SSSR count). The largest absolute Gasteiger partial charge is 0.333 e. The zero-order chi connectivity index (χ0) is 18.6. The fourth-order valence-corrected chi connectivity index (χ4v) is 4.19. The molecule has 0 radical (unpaired) electrons. The van der Waals surface area contributed by atoms with Crippen molar-refractivity contribution in [2.24, 2.45) is 4.99 Å². The number of H-pyrrole nitrogens is 1. The average Bonchev–Trinajstić information content (AvgIpc) is 3.28. The van der Waals surface area contributed by atoms with Crippen LogP contribution in [0.25, 0.3) is 11.0 Å². The van der Waals surface area contributed by atoms with Crippen molar-refractivity contribution >= 4 is 51.6 Å². The predicted octanol–water partition coefficient (Wildman–Crippen LogP) is 4.35. The highest BCUT2D eigenvalue weighted by Crippen LogP contribution is 2.19. The second-order valence-electron chi connectivity index (χ2n) is 5.76. The first-order valence-corrected chi connectivity index (χ1v) is 10.5. The molecule has 2 aromatic heterocycles. The van der Waals surface area contributed by atoms with Crippen LogP contribution in [-0.2, 0) is 11.3 Å². The number of thiazole rings is 1. The van der Waals surface area contributed by atoms with Crippen LogP contribution in [0, 0.1) is 0 Å². The van der Waals surface area contributed by atoms with Crippen LogP contribution in [0.2, 0.25) is 5.02 Å². The number of thioether (sulfide) groups is 1. The van der Waals surface area contributed by atoms with Crippen LogP contribution in [0.5, 0.6) is 0 Å². The monoisotopic (exact) mass is 414 g/mol. The van der Waals surface area contributed by atoms with Crippen molar-refractivity contribution < 1.29 is 4.79 Å². The number of aromatic nitrogens is 3. The Balaban J connectivity index is 1.46. The molecule has 0 bridgehead atoms. The lowest BCUT2D eigenvalue weighted by atomic mass is 10.2. The number of halogens is 1. The molecule has 2 aromatic carbocycles. The first-order chi connectivity index (χ1) is 13.2. The van der Waals surface area contributed by atoms with Crippen LogP contribution in [0.1, 0.15) is 5.56 Å². The zero-order valence-corrected chi connectivity index (χ0v) is 16.5. The molecular weight excluding hydrogens is 400 g/mol. The molecule has 5 nitrogen and oxygen atoms in total. The van der Waals surface area contributed by atoms with E-state index in [1.165, 1.54) is 23.1 Å². The summed E-state index contributed by atoms with van der Waals surface area (Å²) in [5.74, 6) is 0.0277. The van der Waals surface area contributed by atoms with E-state index in [4.69, 9.17) is 11.6 Å². The Kier molecular flexibility index (Phi) is 5.42. The number of fused-ring (bicyclic) bond motifs is 1. The Labute approximate surface area is 168 Å². The Morgan fingerprint density at radius 2 is 2.04 bits per heavy atom. The zero-order valence-electron chi connectivity index (χ0n) is 14.1. The molecule has 8 heteroatoms. The number of amides is 1. The van der Waals surface area contributed by atoms with Gasteiger partial charge in [-0.15, -0.1) is 11.3 Å². The first kappa shape index (κ1) is 18.0. The van der Waals surface area contributed by atoms with Crippen molar-refractivity contribution in [2.75, 3.05) is 5.75 Å². The van der Waals surface area contributed by atoms with Crippen LogP contribution in [0.4, 0.5) is 0 Å². The van der Waals surface area contributed by atoms with Crippen molar-refractivity contribution in [2.45, 2.75) is 11.7 Å². The number of nitrogens with one attached hydrogen (secondary N) is 1. The number of aromatic amines is 1. The summed E-state index contributed by atoms with van der Waals surface area (Å²) in [4.78, 5) is 24.9. The smallest absolute Gasteiger partial charge is 0.258 e. The third-order valence-corrected chi connectivity index (χ3v) is 5.90. The minimum Gasteiger partial charge on any atom is -0.333 e. The highest BCUT2D eigenvalue weighted by molar-refractivity contribution is 7.99. The summed E-state index contributed by atoms with van der Waals surface area (Å²) in [7, 11) is 0. The summed E-state index contributed by atoms with van der Waals surface area (Å²) in [5.41, 5.74) is 2.84. The topological polar surface area (TPSA) is 63.0 Å². The minimum absolute atomic E-state index is 0.198. The minimum atomic E-state index is -0.198. The summed E-state index contributed by atoms with van der Waals surface area (Å²) < 4.78 is 1.93. The van der Waals surface area contributed by atoms with E-state index in [1.807, 2.05) is 64.7 Å². The molecule has 1 N–H and O–H groups in total. The molecule has 0 saturated carbocycles. The molecule has 27 heavy (non-hydrogen) atoms. The molecule has 4 aromatic rings. The van der Waals surface area contributed by atoms with Crippen molar-refractivity contribution in [1.82, 2.24) is 14.5 Å². The maximum atomic E-state index is 12.3. The highest BCUT2D eigenvalue weighted by atomic mass is 35.5. The maximum absolute atomic E-state index is 12.3. The number of carbonyl (C=O) groups excluding carboxylic acids is 1. The van der Waals surface area contributed by atoms with Gasteiger partial charge in [-0.25, -0.2) is 4.98 Å².